The highest BCUT2D eigenvalue weighted by Crippen LogP contribution is 2.25. The van der Waals surface area contributed by atoms with Gasteiger partial charge in [0.25, 0.3) is 10.0 Å². The van der Waals surface area contributed by atoms with Gasteiger partial charge < -0.3 is 9.72 Å². The Morgan fingerprint density at radius 1 is 1.17 bits per heavy atom. The SMILES string of the molecule is COc1ccc(S(=O)(=O)Nc2cccc(-c3ncc[nH]3)c2)c(C)c1. The molecule has 2 N–H and O–H groups in total. The number of rotatable bonds is 5. The second kappa shape index (κ2) is 6.37. The maximum Gasteiger partial charge on any atom is 0.262 e. The van der Waals surface area contributed by atoms with Crippen LogP contribution in [0.4, 0.5) is 5.69 Å². The maximum absolute atomic E-state index is 12.6. The Bertz CT molecular complexity index is 951. The maximum atomic E-state index is 12.6. The number of nitrogens with zero attached hydrogens (tertiary/aromatic N) is 1. The van der Waals surface area contributed by atoms with Gasteiger partial charge in [0.2, 0.25) is 0 Å². The van der Waals surface area contributed by atoms with E-state index in [1.54, 1.807) is 56.8 Å². The minimum absolute atomic E-state index is 0.215. The predicted octanol–water partition coefficient (Wildman–Crippen LogP) is 3.19. The molecular formula is C17H17N3O3S. The van der Waals surface area contributed by atoms with E-state index in [-0.39, 0.29) is 4.90 Å². The van der Waals surface area contributed by atoms with Crippen molar-refractivity contribution in [2.24, 2.45) is 0 Å². The van der Waals surface area contributed by atoms with Crippen LogP contribution in [0, 0.1) is 6.92 Å². The molecule has 0 atom stereocenters. The molecule has 0 spiro atoms. The van der Waals surface area contributed by atoms with Crippen LogP contribution in [0.25, 0.3) is 11.4 Å². The number of hydrogen-bond donors (Lipinski definition) is 2. The van der Waals surface area contributed by atoms with Gasteiger partial charge >= 0.3 is 0 Å². The molecular weight excluding hydrogens is 326 g/mol. The fourth-order valence-electron chi connectivity index (χ4n) is 2.41. The Balaban J connectivity index is 1.91. The van der Waals surface area contributed by atoms with Crippen LogP contribution in [-0.4, -0.2) is 25.5 Å². The number of aromatic nitrogens is 2. The van der Waals surface area contributed by atoms with Gasteiger partial charge in [0.15, 0.2) is 0 Å². The minimum atomic E-state index is -3.69. The third-order valence-corrected chi connectivity index (χ3v) is 5.10. The Morgan fingerprint density at radius 3 is 2.67 bits per heavy atom. The molecule has 0 saturated carbocycles. The highest BCUT2D eigenvalue weighted by molar-refractivity contribution is 7.92. The lowest BCUT2D eigenvalue weighted by atomic mass is 10.2. The topological polar surface area (TPSA) is 84.1 Å². The molecule has 3 rings (SSSR count). The van der Waals surface area contributed by atoms with Crippen LogP contribution in [0.15, 0.2) is 59.8 Å². The second-order valence-electron chi connectivity index (χ2n) is 5.26. The number of hydrogen-bond acceptors (Lipinski definition) is 4. The number of anilines is 1. The molecule has 0 saturated heterocycles. The molecule has 0 aliphatic heterocycles. The van der Waals surface area contributed by atoms with Gasteiger partial charge in [-0.05, 0) is 42.8 Å². The third-order valence-electron chi connectivity index (χ3n) is 3.56. The fourth-order valence-corrected chi connectivity index (χ4v) is 3.69. The number of benzene rings is 2. The molecule has 24 heavy (non-hydrogen) atoms. The van der Waals surface area contributed by atoms with Crippen LogP contribution in [0.1, 0.15) is 5.56 Å². The Morgan fingerprint density at radius 2 is 2.00 bits per heavy atom. The first-order valence-corrected chi connectivity index (χ1v) is 8.75. The van der Waals surface area contributed by atoms with Crippen LogP contribution in [-0.2, 0) is 10.0 Å². The van der Waals surface area contributed by atoms with Crippen LogP contribution in [0.5, 0.6) is 5.75 Å². The number of ether oxygens (including phenoxy) is 1. The van der Waals surface area contributed by atoms with Gasteiger partial charge in [0.05, 0.1) is 12.0 Å². The molecule has 1 aromatic heterocycles. The second-order valence-corrected chi connectivity index (χ2v) is 6.91. The Hall–Kier alpha value is -2.80. The van der Waals surface area contributed by atoms with Crippen molar-refractivity contribution < 1.29 is 13.2 Å². The van der Waals surface area contributed by atoms with E-state index in [1.165, 1.54) is 6.07 Å². The van der Waals surface area contributed by atoms with Gasteiger partial charge in [-0.2, -0.15) is 0 Å². The van der Waals surface area contributed by atoms with E-state index in [0.717, 1.165) is 5.56 Å². The summed E-state index contributed by atoms with van der Waals surface area (Å²) in [4.78, 5) is 7.38. The number of H-pyrrole nitrogens is 1. The predicted molar refractivity (Wildman–Crippen MR) is 92.6 cm³/mol. The van der Waals surface area contributed by atoms with Crippen molar-refractivity contribution >= 4 is 15.7 Å². The summed E-state index contributed by atoms with van der Waals surface area (Å²) in [5.74, 6) is 1.29. The zero-order valence-corrected chi connectivity index (χ0v) is 14.1. The molecule has 0 bridgehead atoms. The van der Waals surface area contributed by atoms with Crippen LogP contribution in [0.2, 0.25) is 0 Å². The molecule has 6 nitrogen and oxygen atoms in total. The van der Waals surface area contributed by atoms with Crippen LogP contribution < -0.4 is 9.46 Å². The quantitative estimate of drug-likeness (QED) is 0.745. The van der Waals surface area contributed by atoms with Gasteiger partial charge in [0, 0.05) is 23.6 Å². The van der Waals surface area contributed by atoms with E-state index in [4.69, 9.17) is 4.74 Å². The molecule has 0 amide bonds. The van der Waals surface area contributed by atoms with E-state index in [0.29, 0.717) is 22.8 Å². The molecule has 0 aliphatic carbocycles. The molecule has 124 valence electrons. The van der Waals surface area contributed by atoms with Crippen molar-refractivity contribution in [2.45, 2.75) is 11.8 Å². The highest BCUT2D eigenvalue weighted by atomic mass is 32.2. The number of methoxy groups -OCH3 is 1. The zero-order valence-electron chi connectivity index (χ0n) is 13.3. The molecule has 0 fully saturated rings. The van der Waals surface area contributed by atoms with Crippen molar-refractivity contribution in [1.82, 2.24) is 9.97 Å². The largest absolute Gasteiger partial charge is 0.497 e. The standard InChI is InChI=1S/C17H17N3O3S/c1-12-10-15(23-2)6-7-16(12)24(21,22)20-14-5-3-4-13(11-14)17-18-8-9-19-17/h3-11,20H,1-2H3,(H,18,19). The normalized spacial score (nSPS) is 11.2. The van der Waals surface area contributed by atoms with E-state index in [1.807, 2.05) is 6.07 Å². The van der Waals surface area contributed by atoms with E-state index >= 15 is 0 Å². The molecule has 0 aliphatic rings. The Labute approximate surface area is 140 Å². The smallest absolute Gasteiger partial charge is 0.262 e. The Kier molecular flexibility index (Phi) is 4.26. The van der Waals surface area contributed by atoms with Crippen molar-refractivity contribution in [2.75, 3.05) is 11.8 Å². The van der Waals surface area contributed by atoms with Crippen molar-refractivity contribution in [1.29, 1.82) is 0 Å². The lowest BCUT2D eigenvalue weighted by Gasteiger charge is -2.12. The summed E-state index contributed by atoms with van der Waals surface area (Å²) in [6.45, 7) is 1.73. The third kappa shape index (κ3) is 3.26. The first-order valence-electron chi connectivity index (χ1n) is 7.27. The van der Waals surface area contributed by atoms with Crippen molar-refractivity contribution in [3.05, 3.63) is 60.4 Å². The number of sulfonamides is 1. The molecule has 1 heterocycles. The summed E-state index contributed by atoms with van der Waals surface area (Å²) in [6, 6.07) is 11.9. The minimum Gasteiger partial charge on any atom is -0.497 e. The highest BCUT2D eigenvalue weighted by Gasteiger charge is 2.17. The monoisotopic (exact) mass is 343 g/mol. The number of aromatic amines is 1. The van der Waals surface area contributed by atoms with Crippen molar-refractivity contribution in [3.8, 4) is 17.1 Å². The summed E-state index contributed by atoms with van der Waals surface area (Å²) in [6.07, 6.45) is 3.36. The first kappa shape index (κ1) is 16.1. The molecule has 0 radical (unpaired) electrons. The number of imidazole rings is 1. The van der Waals surface area contributed by atoms with E-state index in [9.17, 15) is 8.42 Å². The lowest BCUT2D eigenvalue weighted by Crippen LogP contribution is -2.14. The molecule has 2 aromatic carbocycles. The summed E-state index contributed by atoms with van der Waals surface area (Å²) in [5, 5.41) is 0. The summed E-state index contributed by atoms with van der Waals surface area (Å²) >= 11 is 0. The average molecular weight is 343 g/mol. The van der Waals surface area contributed by atoms with Crippen LogP contribution >= 0.6 is 0 Å². The summed E-state index contributed by atoms with van der Waals surface area (Å²) < 4.78 is 33.0. The van der Waals surface area contributed by atoms with Gasteiger partial charge in [0.1, 0.15) is 11.6 Å². The zero-order chi connectivity index (χ0) is 17.2. The fraction of sp³-hybridized carbons (Fsp3) is 0.118. The van der Waals surface area contributed by atoms with E-state index < -0.39 is 10.0 Å². The van der Waals surface area contributed by atoms with Gasteiger partial charge in [-0.3, -0.25) is 4.72 Å². The lowest BCUT2D eigenvalue weighted by molar-refractivity contribution is 0.414. The summed E-state index contributed by atoms with van der Waals surface area (Å²) in [7, 11) is -2.15. The van der Waals surface area contributed by atoms with Gasteiger partial charge in [-0.1, -0.05) is 12.1 Å². The van der Waals surface area contributed by atoms with Gasteiger partial charge in [-0.15, -0.1) is 0 Å². The number of aryl methyl sites for hydroxylation is 1. The average Bonchev–Trinajstić information content (AvgIpc) is 3.08. The van der Waals surface area contributed by atoms with Gasteiger partial charge in [-0.25, -0.2) is 13.4 Å². The number of nitrogens with one attached hydrogen (secondary N) is 2. The molecule has 7 heteroatoms. The first-order chi connectivity index (χ1) is 11.5. The van der Waals surface area contributed by atoms with Crippen LogP contribution in [0.3, 0.4) is 0 Å². The van der Waals surface area contributed by atoms with Crippen molar-refractivity contribution in [3.63, 3.8) is 0 Å². The summed E-state index contributed by atoms with van der Waals surface area (Å²) in [5.41, 5.74) is 1.88. The molecule has 0 unspecified atom stereocenters. The molecule has 3 aromatic rings. The van der Waals surface area contributed by atoms with E-state index in [2.05, 4.69) is 14.7 Å².